The molecule has 0 unspecified atom stereocenters. The molecule has 0 bridgehead atoms. The highest BCUT2D eigenvalue weighted by Gasteiger charge is 2.30. The Morgan fingerprint density at radius 2 is 1.96 bits per heavy atom. The van der Waals surface area contributed by atoms with Gasteiger partial charge in [0, 0.05) is 47.6 Å². The predicted octanol–water partition coefficient (Wildman–Crippen LogP) is 2.07. The first-order valence-corrected chi connectivity index (χ1v) is 8.99. The molecule has 3 heterocycles. The normalized spacial score (nSPS) is 17.4. The van der Waals surface area contributed by atoms with Crippen LogP contribution in [0.25, 0.3) is 5.57 Å². The molecule has 3 aliphatic rings. The Morgan fingerprint density at radius 3 is 2.79 bits per heavy atom. The zero-order chi connectivity index (χ0) is 16.4. The average Bonchev–Trinajstić information content (AvgIpc) is 3.19. The van der Waals surface area contributed by atoms with Gasteiger partial charge in [-0.05, 0) is 44.0 Å². The van der Waals surface area contributed by atoms with Crippen LogP contribution in [0.15, 0.2) is 24.3 Å². The van der Waals surface area contributed by atoms with Crippen molar-refractivity contribution >= 4 is 11.3 Å². The minimum Gasteiger partial charge on any atom is -0.455 e. The molecule has 0 aromatic heterocycles. The van der Waals surface area contributed by atoms with Crippen molar-refractivity contribution < 1.29 is 4.74 Å². The van der Waals surface area contributed by atoms with Crippen LogP contribution in [-0.4, -0.2) is 26.7 Å². The lowest BCUT2D eigenvalue weighted by molar-refractivity contribution is 0.462. The summed E-state index contributed by atoms with van der Waals surface area (Å²) in [6.45, 7) is 7.71. The van der Waals surface area contributed by atoms with Gasteiger partial charge in [0.2, 0.25) is 5.36 Å². The lowest BCUT2D eigenvalue weighted by Crippen LogP contribution is -2.26. The van der Waals surface area contributed by atoms with Gasteiger partial charge in [0.25, 0.3) is 0 Å². The molecule has 122 valence electrons. The van der Waals surface area contributed by atoms with Crippen molar-refractivity contribution in [2.75, 3.05) is 31.6 Å². The number of anilines is 1. The zero-order valence-electron chi connectivity index (χ0n) is 14.6. The number of hydrogen-bond donors (Lipinski definition) is 0. The zero-order valence-corrected chi connectivity index (χ0v) is 14.6. The fourth-order valence-electron chi connectivity index (χ4n) is 4.54. The summed E-state index contributed by atoms with van der Waals surface area (Å²) < 4.78 is 8.93. The molecule has 0 N–H and O–H groups in total. The Bertz CT molecular complexity index is 1000. The highest BCUT2D eigenvalue weighted by molar-refractivity contribution is 5.79. The molecule has 3 heteroatoms. The summed E-state index contributed by atoms with van der Waals surface area (Å²) in [4.78, 5) is 2.45. The van der Waals surface area contributed by atoms with E-state index in [0.717, 1.165) is 44.0 Å². The van der Waals surface area contributed by atoms with E-state index in [4.69, 9.17) is 4.74 Å². The van der Waals surface area contributed by atoms with Crippen LogP contribution in [0.1, 0.15) is 30.5 Å². The van der Waals surface area contributed by atoms with E-state index in [1.54, 1.807) is 0 Å². The van der Waals surface area contributed by atoms with Gasteiger partial charge in [0.15, 0.2) is 0 Å². The number of ether oxygens (including phenoxy) is 1. The molecule has 0 amide bonds. The molecule has 0 atom stereocenters. The van der Waals surface area contributed by atoms with E-state index in [1.807, 2.05) is 0 Å². The number of rotatable bonds is 1. The molecule has 24 heavy (non-hydrogen) atoms. The average molecular weight is 319 g/mol. The van der Waals surface area contributed by atoms with Gasteiger partial charge in [-0.2, -0.15) is 0 Å². The Labute approximate surface area is 142 Å². The van der Waals surface area contributed by atoms with Gasteiger partial charge in [-0.15, -0.1) is 0 Å². The van der Waals surface area contributed by atoms with Gasteiger partial charge in [0.1, 0.15) is 25.1 Å². The SMILES string of the molecule is CCN1CCc2c1ccc1c2Oc2c3c(ccc2=C1C)=[N+](C)CC3. The third-order valence-electron chi connectivity index (χ3n) is 5.95. The van der Waals surface area contributed by atoms with E-state index < -0.39 is 0 Å². The molecule has 3 aliphatic heterocycles. The van der Waals surface area contributed by atoms with Crippen LogP contribution in [0.5, 0.6) is 11.5 Å². The molecule has 0 saturated heterocycles. The summed E-state index contributed by atoms with van der Waals surface area (Å²) in [5, 5.41) is 2.59. The number of fused-ring (bicyclic) bond motifs is 6. The van der Waals surface area contributed by atoms with Gasteiger partial charge < -0.3 is 9.64 Å². The maximum Gasteiger partial charge on any atom is 0.206 e. The molecule has 3 nitrogen and oxygen atoms in total. The van der Waals surface area contributed by atoms with Crippen molar-refractivity contribution in [3.8, 4) is 11.5 Å². The van der Waals surface area contributed by atoms with Crippen molar-refractivity contribution in [2.45, 2.75) is 26.7 Å². The Balaban J connectivity index is 1.79. The summed E-state index contributed by atoms with van der Waals surface area (Å²) in [6.07, 6.45) is 2.16. The van der Waals surface area contributed by atoms with E-state index in [-0.39, 0.29) is 0 Å². The molecular weight excluding hydrogens is 296 g/mol. The third-order valence-corrected chi connectivity index (χ3v) is 5.95. The number of likely N-dealkylation sites (N-methyl/N-ethyl adjacent to an activating group) is 2. The summed E-state index contributed by atoms with van der Waals surface area (Å²) in [5.41, 5.74) is 6.75. The fourth-order valence-corrected chi connectivity index (χ4v) is 4.54. The molecule has 0 spiro atoms. The van der Waals surface area contributed by atoms with E-state index >= 15 is 0 Å². The maximum absolute atomic E-state index is 6.60. The minimum absolute atomic E-state index is 1.06. The van der Waals surface area contributed by atoms with E-state index in [9.17, 15) is 0 Å². The quantitative estimate of drug-likeness (QED) is 0.748. The van der Waals surface area contributed by atoms with Crippen molar-refractivity contribution in [2.24, 2.45) is 0 Å². The predicted molar refractivity (Wildman–Crippen MR) is 97.7 cm³/mol. The van der Waals surface area contributed by atoms with Crippen LogP contribution in [-0.2, 0) is 12.8 Å². The van der Waals surface area contributed by atoms with E-state index in [0.29, 0.717) is 0 Å². The minimum atomic E-state index is 1.06. The molecular formula is C21H23N2O+. The first-order chi connectivity index (χ1) is 11.7. The largest absolute Gasteiger partial charge is 0.455 e. The monoisotopic (exact) mass is 319 g/mol. The summed E-state index contributed by atoms with van der Waals surface area (Å²) in [6, 6.07) is 9.02. The first-order valence-electron chi connectivity index (χ1n) is 8.99. The van der Waals surface area contributed by atoms with Crippen molar-refractivity contribution in [3.05, 3.63) is 51.5 Å². The van der Waals surface area contributed by atoms with Crippen molar-refractivity contribution in [1.82, 2.24) is 4.58 Å². The summed E-state index contributed by atoms with van der Waals surface area (Å²) in [5.74, 6) is 2.21. The Kier molecular flexibility index (Phi) is 2.85. The Morgan fingerprint density at radius 1 is 1.08 bits per heavy atom. The van der Waals surface area contributed by atoms with Crippen LogP contribution in [0, 0.1) is 0 Å². The van der Waals surface area contributed by atoms with Crippen LogP contribution in [0.3, 0.4) is 0 Å². The summed E-state index contributed by atoms with van der Waals surface area (Å²) >= 11 is 0. The van der Waals surface area contributed by atoms with Gasteiger partial charge in [-0.1, -0.05) is 0 Å². The van der Waals surface area contributed by atoms with Crippen LogP contribution in [0.2, 0.25) is 0 Å². The van der Waals surface area contributed by atoms with Gasteiger partial charge in [-0.3, -0.25) is 0 Å². The van der Waals surface area contributed by atoms with E-state index in [2.05, 4.69) is 54.6 Å². The molecule has 0 radical (unpaired) electrons. The van der Waals surface area contributed by atoms with Gasteiger partial charge in [0.05, 0.1) is 5.56 Å². The molecule has 2 aromatic rings. The lowest BCUT2D eigenvalue weighted by Gasteiger charge is -2.23. The topological polar surface area (TPSA) is 15.5 Å². The van der Waals surface area contributed by atoms with Crippen LogP contribution in [0.4, 0.5) is 5.69 Å². The summed E-state index contributed by atoms with van der Waals surface area (Å²) in [7, 11) is 2.17. The molecule has 2 aromatic carbocycles. The van der Waals surface area contributed by atoms with Gasteiger partial charge >= 0.3 is 0 Å². The molecule has 0 fully saturated rings. The van der Waals surface area contributed by atoms with Crippen molar-refractivity contribution in [3.63, 3.8) is 0 Å². The second-order valence-electron chi connectivity index (χ2n) is 7.11. The Hall–Kier alpha value is -2.29. The highest BCUT2D eigenvalue weighted by Crippen LogP contribution is 2.43. The van der Waals surface area contributed by atoms with Crippen molar-refractivity contribution in [1.29, 1.82) is 0 Å². The second kappa shape index (κ2) is 4.85. The highest BCUT2D eigenvalue weighted by atomic mass is 16.5. The number of benzene rings is 2. The molecule has 0 aliphatic carbocycles. The van der Waals surface area contributed by atoms with Crippen LogP contribution < -0.4 is 24.8 Å². The van der Waals surface area contributed by atoms with E-state index in [1.165, 1.54) is 38.5 Å². The fraction of sp³-hybridized carbons (Fsp3) is 0.381. The first kappa shape index (κ1) is 14.1. The number of nitrogens with zero attached hydrogens (tertiary/aromatic N) is 2. The maximum atomic E-state index is 6.60. The number of hydrogen-bond acceptors (Lipinski definition) is 2. The standard InChI is InChI=1S/C21H23N2O/c1-4-23-12-10-17-19(23)8-6-15-13(2)14-5-7-18-16(9-11-22(18)3)20(14)24-21(15)17/h5-8H,4,9-12H2,1-3H3/q+1. The molecule has 0 saturated carbocycles. The second-order valence-corrected chi connectivity index (χ2v) is 7.11. The molecule has 5 rings (SSSR count). The lowest BCUT2D eigenvalue weighted by atomic mass is 9.95. The third kappa shape index (κ3) is 1.70. The smallest absolute Gasteiger partial charge is 0.206 e. The van der Waals surface area contributed by atoms with Crippen LogP contribution >= 0.6 is 0 Å². The van der Waals surface area contributed by atoms with Gasteiger partial charge in [-0.25, -0.2) is 4.58 Å².